The zero-order valence-corrected chi connectivity index (χ0v) is 16.0. The second-order valence-corrected chi connectivity index (χ2v) is 7.08. The first kappa shape index (κ1) is 18.0. The lowest BCUT2D eigenvalue weighted by atomic mass is 10.1. The minimum atomic E-state index is -0.337. The molecule has 0 aliphatic rings. The van der Waals surface area contributed by atoms with E-state index in [-0.39, 0.29) is 5.91 Å². The Balaban J connectivity index is 1.45. The molecule has 2 N–H and O–H groups in total. The molecule has 138 valence electrons. The molecule has 28 heavy (non-hydrogen) atoms. The summed E-state index contributed by atoms with van der Waals surface area (Å²) >= 11 is 1.68. The van der Waals surface area contributed by atoms with Gasteiger partial charge in [-0.05, 0) is 46.9 Å². The van der Waals surface area contributed by atoms with Crippen molar-refractivity contribution in [3.63, 3.8) is 0 Å². The van der Waals surface area contributed by atoms with E-state index in [1.807, 2.05) is 54.8 Å². The van der Waals surface area contributed by atoms with Gasteiger partial charge < -0.3 is 0 Å². The highest BCUT2D eigenvalue weighted by atomic mass is 32.2. The number of amides is 1. The van der Waals surface area contributed by atoms with Crippen LogP contribution in [-0.2, 0) is 0 Å². The minimum Gasteiger partial charge on any atom is -0.272 e. The number of benzene rings is 3. The summed E-state index contributed by atoms with van der Waals surface area (Å²) in [5.41, 5.74) is 5.47. The lowest BCUT2D eigenvalue weighted by molar-refractivity contribution is 0.0950. The zero-order chi connectivity index (χ0) is 19.3. The molecule has 0 saturated carbocycles. The van der Waals surface area contributed by atoms with Gasteiger partial charge in [0.1, 0.15) is 5.69 Å². The first-order valence-electron chi connectivity index (χ1n) is 8.75. The summed E-state index contributed by atoms with van der Waals surface area (Å²) in [5.74, 6) is -0.337. The number of hydrogen-bond donors (Lipinski definition) is 2. The fourth-order valence-electron chi connectivity index (χ4n) is 2.85. The molecule has 0 aliphatic heterocycles. The largest absolute Gasteiger partial charge is 0.289 e. The minimum absolute atomic E-state index is 0.337. The normalized spacial score (nSPS) is 11.2. The summed E-state index contributed by atoms with van der Waals surface area (Å²) in [6.07, 6.45) is 3.64. The molecule has 0 fully saturated rings. The van der Waals surface area contributed by atoms with Gasteiger partial charge in [0.2, 0.25) is 0 Å². The van der Waals surface area contributed by atoms with E-state index in [4.69, 9.17) is 0 Å². The predicted octanol–water partition coefficient (Wildman–Crippen LogP) is 4.72. The Hall–Kier alpha value is -3.38. The lowest BCUT2D eigenvalue weighted by Crippen LogP contribution is -2.17. The molecule has 0 unspecified atom stereocenters. The molecule has 5 nitrogen and oxygen atoms in total. The molecule has 0 saturated heterocycles. The fourth-order valence-corrected chi connectivity index (χ4v) is 3.26. The molecule has 4 rings (SSSR count). The van der Waals surface area contributed by atoms with Crippen LogP contribution in [0, 0.1) is 0 Å². The van der Waals surface area contributed by atoms with E-state index >= 15 is 0 Å². The van der Waals surface area contributed by atoms with Crippen molar-refractivity contribution in [2.24, 2.45) is 5.10 Å². The van der Waals surface area contributed by atoms with Gasteiger partial charge in [-0.2, -0.15) is 10.2 Å². The van der Waals surface area contributed by atoms with E-state index in [0.29, 0.717) is 11.4 Å². The van der Waals surface area contributed by atoms with Crippen molar-refractivity contribution in [1.29, 1.82) is 0 Å². The van der Waals surface area contributed by atoms with Crippen LogP contribution in [0.25, 0.3) is 22.0 Å². The van der Waals surface area contributed by atoms with Crippen LogP contribution in [-0.4, -0.2) is 28.6 Å². The first-order chi connectivity index (χ1) is 13.7. The molecule has 1 heterocycles. The molecule has 3 aromatic carbocycles. The van der Waals surface area contributed by atoms with Crippen LogP contribution in [0.15, 0.2) is 82.8 Å². The van der Waals surface area contributed by atoms with Gasteiger partial charge in [-0.3, -0.25) is 9.89 Å². The molecule has 0 radical (unpaired) electrons. The number of carbonyl (C=O) groups excluding carboxylic acids is 1. The maximum Gasteiger partial charge on any atom is 0.289 e. The van der Waals surface area contributed by atoms with Gasteiger partial charge >= 0.3 is 0 Å². The number of hydrazone groups is 1. The highest BCUT2D eigenvalue weighted by Gasteiger charge is 2.10. The number of nitrogens with zero attached hydrogens (tertiary/aromatic N) is 2. The number of thioether (sulfide) groups is 1. The summed E-state index contributed by atoms with van der Waals surface area (Å²) in [6, 6.07) is 23.9. The number of rotatable bonds is 5. The summed E-state index contributed by atoms with van der Waals surface area (Å²) < 4.78 is 0. The Labute approximate surface area is 166 Å². The van der Waals surface area contributed by atoms with Crippen molar-refractivity contribution < 1.29 is 4.79 Å². The number of carbonyl (C=O) groups is 1. The van der Waals surface area contributed by atoms with Crippen molar-refractivity contribution in [3.8, 4) is 11.3 Å². The van der Waals surface area contributed by atoms with Gasteiger partial charge in [0.15, 0.2) is 0 Å². The summed E-state index contributed by atoms with van der Waals surface area (Å²) in [4.78, 5) is 13.5. The Morgan fingerprint density at radius 2 is 1.82 bits per heavy atom. The Morgan fingerprint density at radius 1 is 1.04 bits per heavy atom. The van der Waals surface area contributed by atoms with Crippen molar-refractivity contribution in [3.05, 3.63) is 84.1 Å². The summed E-state index contributed by atoms with van der Waals surface area (Å²) in [7, 11) is 0. The summed E-state index contributed by atoms with van der Waals surface area (Å²) in [5, 5.41) is 13.4. The van der Waals surface area contributed by atoms with E-state index in [1.54, 1.807) is 24.0 Å². The molecule has 1 aromatic heterocycles. The third-order valence-electron chi connectivity index (χ3n) is 4.36. The van der Waals surface area contributed by atoms with Crippen molar-refractivity contribution in [2.45, 2.75) is 4.90 Å². The lowest BCUT2D eigenvalue weighted by Gasteiger charge is -2.00. The van der Waals surface area contributed by atoms with Gasteiger partial charge in [0.05, 0.1) is 11.9 Å². The standard InChI is InChI=1S/C22H18N4OS/c1-28-19-10-6-15(7-11-19)14-23-26-22(27)21-13-20(24-25-21)18-9-8-16-4-2-3-5-17(16)12-18/h2-14H,1H3,(H,24,25)(H,26,27)/b23-14+. The van der Waals surface area contributed by atoms with Gasteiger partial charge in [-0.15, -0.1) is 11.8 Å². The topological polar surface area (TPSA) is 70.1 Å². The average Bonchev–Trinajstić information content (AvgIpc) is 3.24. The number of aromatic amines is 1. The zero-order valence-electron chi connectivity index (χ0n) is 15.2. The van der Waals surface area contributed by atoms with Crippen LogP contribution in [0.4, 0.5) is 0 Å². The second kappa shape index (κ2) is 8.10. The Bertz CT molecular complexity index is 1150. The summed E-state index contributed by atoms with van der Waals surface area (Å²) in [6.45, 7) is 0. The molecule has 0 atom stereocenters. The van der Waals surface area contributed by atoms with E-state index in [2.05, 4.69) is 38.9 Å². The van der Waals surface area contributed by atoms with E-state index in [9.17, 15) is 4.79 Å². The van der Waals surface area contributed by atoms with Crippen molar-refractivity contribution >= 4 is 34.7 Å². The molecule has 0 bridgehead atoms. The van der Waals surface area contributed by atoms with Crippen molar-refractivity contribution in [1.82, 2.24) is 15.6 Å². The Morgan fingerprint density at radius 3 is 2.61 bits per heavy atom. The van der Waals surface area contributed by atoms with E-state index in [0.717, 1.165) is 16.5 Å². The first-order valence-corrected chi connectivity index (χ1v) is 9.97. The number of nitrogens with one attached hydrogen (secondary N) is 2. The van der Waals surface area contributed by atoms with Crippen LogP contribution >= 0.6 is 11.8 Å². The van der Waals surface area contributed by atoms with E-state index < -0.39 is 0 Å². The number of fused-ring (bicyclic) bond motifs is 1. The number of H-pyrrole nitrogens is 1. The maximum absolute atomic E-state index is 12.3. The van der Waals surface area contributed by atoms with Gasteiger partial charge in [-0.25, -0.2) is 5.43 Å². The third kappa shape index (κ3) is 3.97. The van der Waals surface area contributed by atoms with Gasteiger partial charge in [0.25, 0.3) is 5.91 Å². The van der Waals surface area contributed by atoms with Crippen LogP contribution in [0.3, 0.4) is 0 Å². The SMILES string of the molecule is CSc1ccc(/C=N/NC(=O)c2cc(-c3ccc4ccccc4c3)n[nH]2)cc1. The smallest absolute Gasteiger partial charge is 0.272 e. The highest BCUT2D eigenvalue weighted by Crippen LogP contribution is 2.23. The Kier molecular flexibility index (Phi) is 5.21. The molecule has 4 aromatic rings. The van der Waals surface area contributed by atoms with Crippen molar-refractivity contribution in [2.75, 3.05) is 6.26 Å². The van der Waals surface area contributed by atoms with Crippen LogP contribution in [0.5, 0.6) is 0 Å². The quantitative estimate of drug-likeness (QED) is 0.296. The van der Waals surface area contributed by atoms with Gasteiger partial charge in [-0.1, -0.05) is 48.5 Å². The van der Waals surface area contributed by atoms with Gasteiger partial charge in [0, 0.05) is 10.5 Å². The third-order valence-corrected chi connectivity index (χ3v) is 5.11. The number of aromatic nitrogens is 2. The molecule has 0 aliphatic carbocycles. The molecule has 0 spiro atoms. The second-order valence-electron chi connectivity index (χ2n) is 6.20. The molecule has 6 heteroatoms. The molecule has 1 amide bonds. The van der Waals surface area contributed by atoms with Crippen LogP contribution in [0.1, 0.15) is 16.1 Å². The maximum atomic E-state index is 12.3. The monoisotopic (exact) mass is 386 g/mol. The van der Waals surface area contributed by atoms with Crippen LogP contribution in [0.2, 0.25) is 0 Å². The van der Waals surface area contributed by atoms with E-state index in [1.165, 1.54) is 10.3 Å². The predicted molar refractivity (Wildman–Crippen MR) is 115 cm³/mol. The highest BCUT2D eigenvalue weighted by molar-refractivity contribution is 7.98. The molecular formula is C22H18N4OS. The molecular weight excluding hydrogens is 368 g/mol. The van der Waals surface area contributed by atoms with Crippen LogP contribution < -0.4 is 5.43 Å². The number of hydrogen-bond acceptors (Lipinski definition) is 4. The fraction of sp³-hybridized carbons (Fsp3) is 0.0455. The average molecular weight is 386 g/mol.